The first kappa shape index (κ1) is 10.8. The standard InChI is InChI=1S/C12H16N2O2/c1-7-4-8(7)6-14-12(16)10-5-9(15)2-3-11(10)13/h2-3,5,7-8,15H,4,6,13H2,1H3,(H,14,16). The van der Waals surface area contributed by atoms with Crippen molar-refractivity contribution in [1.29, 1.82) is 0 Å². The highest BCUT2D eigenvalue weighted by Gasteiger charge is 2.32. The zero-order valence-corrected chi connectivity index (χ0v) is 9.23. The second kappa shape index (κ2) is 4.04. The Hall–Kier alpha value is -1.71. The number of anilines is 1. The van der Waals surface area contributed by atoms with E-state index in [4.69, 9.17) is 5.73 Å². The molecule has 2 unspecified atom stereocenters. The number of nitrogen functional groups attached to an aromatic ring is 1. The van der Waals surface area contributed by atoms with Gasteiger partial charge >= 0.3 is 0 Å². The van der Waals surface area contributed by atoms with E-state index in [1.807, 2.05) is 0 Å². The number of phenols is 1. The van der Waals surface area contributed by atoms with Crippen molar-refractivity contribution >= 4 is 11.6 Å². The lowest BCUT2D eigenvalue weighted by atomic mass is 10.1. The maximum absolute atomic E-state index is 11.8. The molecule has 1 aliphatic carbocycles. The van der Waals surface area contributed by atoms with Crippen molar-refractivity contribution in [3.05, 3.63) is 23.8 Å². The Balaban J connectivity index is 1.99. The summed E-state index contributed by atoms with van der Waals surface area (Å²) in [4.78, 5) is 11.8. The summed E-state index contributed by atoms with van der Waals surface area (Å²) in [6.45, 7) is 2.86. The van der Waals surface area contributed by atoms with Gasteiger partial charge in [-0.05, 0) is 36.5 Å². The number of rotatable bonds is 3. The van der Waals surface area contributed by atoms with Crippen LogP contribution < -0.4 is 11.1 Å². The van der Waals surface area contributed by atoms with Gasteiger partial charge in [0.2, 0.25) is 0 Å². The smallest absolute Gasteiger partial charge is 0.253 e. The Kier molecular flexibility index (Phi) is 2.73. The first-order valence-corrected chi connectivity index (χ1v) is 5.44. The van der Waals surface area contributed by atoms with E-state index >= 15 is 0 Å². The largest absolute Gasteiger partial charge is 0.508 e. The van der Waals surface area contributed by atoms with Gasteiger partial charge in [0.1, 0.15) is 5.75 Å². The Morgan fingerprint density at radius 3 is 2.94 bits per heavy atom. The van der Waals surface area contributed by atoms with Gasteiger partial charge in [0.05, 0.1) is 5.56 Å². The highest BCUT2D eigenvalue weighted by atomic mass is 16.3. The number of phenolic OH excluding ortho intramolecular Hbond substituents is 1. The molecule has 1 aliphatic rings. The number of nitrogens with one attached hydrogen (secondary N) is 1. The van der Waals surface area contributed by atoms with Crippen molar-refractivity contribution in [3.8, 4) is 5.75 Å². The summed E-state index contributed by atoms with van der Waals surface area (Å²) in [6.07, 6.45) is 1.18. The topological polar surface area (TPSA) is 75.3 Å². The van der Waals surface area contributed by atoms with Gasteiger partial charge in [-0.25, -0.2) is 0 Å². The van der Waals surface area contributed by atoms with E-state index in [9.17, 15) is 9.90 Å². The molecule has 0 bridgehead atoms. The van der Waals surface area contributed by atoms with Crippen LogP contribution in [0.1, 0.15) is 23.7 Å². The molecule has 4 heteroatoms. The van der Waals surface area contributed by atoms with E-state index in [1.165, 1.54) is 24.6 Å². The summed E-state index contributed by atoms with van der Waals surface area (Å²) < 4.78 is 0. The van der Waals surface area contributed by atoms with Crippen LogP contribution in [-0.2, 0) is 0 Å². The minimum absolute atomic E-state index is 0.0548. The van der Waals surface area contributed by atoms with Gasteiger partial charge in [-0.2, -0.15) is 0 Å². The third-order valence-corrected chi connectivity index (χ3v) is 3.08. The lowest BCUT2D eigenvalue weighted by Gasteiger charge is -2.07. The summed E-state index contributed by atoms with van der Waals surface area (Å²) in [5.74, 6) is 1.15. The zero-order valence-electron chi connectivity index (χ0n) is 9.23. The van der Waals surface area contributed by atoms with Crippen LogP contribution in [0.15, 0.2) is 18.2 Å². The van der Waals surface area contributed by atoms with E-state index in [1.54, 1.807) is 0 Å². The summed E-state index contributed by atoms with van der Waals surface area (Å²) in [7, 11) is 0. The molecule has 1 aromatic rings. The van der Waals surface area contributed by atoms with Crippen LogP contribution in [-0.4, -0.2) is 17.6 Å². The SMILES string of the molecule is CC1CC1CNC(=O)c1cc(O)ccc1N. The summed E-state index contributed by atoms with van der Waals surface area (Å²) >= 11 is 0. The van der Waals surface area contributed by atoms with Crippen LogP contribution in [0, 0.1) is 11.8 Å². The molecule has 86 valence electrons. The maximum atomic E-state index is 11.8. The van der Waals surface area contributed by atoms with Gasteiger partial charge < -0.3 is 16.2 Å². The maximum Gasteiger partial charge on any atom is 0.253 e. The number of aromatic hydroxyl groups is 1. The monoisotopic (exact) mass is 220 g/mol. The Morgan fingerprint density at radius 1 is 1.62 bits per heavy atom. The van der Waals surface area contributed by atoms with E-state index in [0.29, 0.717) is 29.6 Å². The molecule has 2 atom stereocenters. The molecule has 0 radical (unpaired) electrons. The van der Waals surface area contributed by atoms with Crippen molar-refractivity contribution in [2.75, 3.05) is 12.3 Å². The van der Waals surface area contributed by atoms with Gasteiger partial charge in [0.15, 0.2) is 0 Å². The van der Waals surface area contributed by atoms with Crippen molar-refractivity contribution in [3.63, 3.8) is 0 Å². The number of benzene rings is 1. The van der Waals surface area contributed by atoms with Crippen LogP contribution in [0.2, 0.25) is 0 Å². The normalized spacial score (nSPS) is 22.8. The highest BCUT2D eigenvalue weighted by molar-refractivity contribution is 5.99. The van der Waals surface area contributed by atoms with Crippen LogP contribution in [0.3, 0.4) is 0 Å². The zero-order chi connectivity index (χ0) is 11.7. The molecule has 0 aliphatic heterocycles. The Labute approximate surface area is 94.5 Å². The van der Waals surface area contributed by atoms with E-state index in [0.717, 1.165) is 0 Å². The molecule has 1 amide bonds. The number of carbonyl (C=O) groups excluding carboxylic acids is 1. The third-order valence-electron chi connectivity index (χ3n) is 3.08. The average Bonchev–Trinajstić information content (AvgIpc) is 2.95. The van der Waals surface area contributed by atoms with Crippen LogP contribution >= 0.6 is 0 Å². The Bertz CT molecular complexity index is 417. The lowest BCUT2D eigenvalue weighted by molar-refractivity contribution is 0.0952. The molecule has 1 saturated carbocycles. The number of amides is 1. The molecule has 0 heterocycles. The van der Waals surface area contributed by atoms with E-state index in [-0.39, 0.29) is 11.7 Å². The predicted octanol–water partition coefficient (Wildman–Crippen LogP) is 1.36. The highest BCUT2D eigenvalue weighted by Crippen LogP contribution is 2.36. The van der Waals surface area contributed by atoms with Crippen LogP contribution in [0.25, 0.3) is 0 Å². The number of carbonyl (C=O) groups is 1. The van der Waals surface area contributed by atoms with Crippen LogP contribution in [0.5, 0.6) is 5.75 Å². The number of nitrogens with two attached hydrogens (primary N) is 1. The van der Waals surface area contributed by atoms with Gasteiger partial charge in [-0.3, -0.25) is 4.79 Å². The number of hydrogen-bond acceptors (Lipinski definition) is 3. The van der Waals surface area contributed by atoms with Crippen LogP contribution in [0.4, 0.5) is 5.69 Å². The average molecular weight is 220 g/mol. The van der Waals surface area contributed by atoms with Crippen molar-refractivity contribution in [2.45, 2.75) is 13.3 Å². The fraction of sp³-hybridized carbons (Fsp3) is 0.417. The molecule has 4 nitrogen and oxygen atoms in total. The fourth-order valence-electron chi connectivity index (χ4n) is 1.74. The first-order valence-electron chi connectivity index (χ1n) is 5.44. The van der Waals surface area contributed by atoms with Gasteiger partial charge in [-0.1, -0.05) is 6.92 Å². The molecule has 0 aromatic heterocycles. The third kappa shape index (κ3) is 2.27. The predicted molar refractivity (Wildman–Crippen MR) is 62.1 cm³/mol. The summed E-state index contributed by atoms with van der Waals surface area (Å²) in [5, 5.41) is 12.1. The summed E-state index contributed by atoms with van der Waals surface area (Å²) in [6, 6.07) is 4.39. The van der Waals surface area contributed by atoms with Gasteiger partial charge in [0.25, 0.3) is 5.91 Å². The van der Waals surface area contributed by atoms with E-state index < -0.39 is 0 Å². The minimum atomic E-state index is -0.215. The second-order valence-corrected chi connectivity index (χ2v) is 4.45. The Morgan fingerprint density at radius 2 is 2.31 bits per heavy atom. The molecular weight excluding hydrogens is 204 g/mol. The van der Waals surface area contributed by atoms with E-state index in [2.05, 4.69) is 12.2 Å². The van der Waals surface area contributed by atoms with Gasteiger partial charge in [0, 0.05) is 12.2 Å². The lowest BCUT2D eigenvalue weighted by Crippen LogP contribution is -2.26. The molecule has 16 heavy (non-hydrogen) atoms. The first-order chi connectivity index (χ1) is 7.58. The molecule has 1 fully saturated rings. The number of hydrogen-bond donors (Lipinski definition) is 3. The molecular formula is C12H16N2O2. The minimum Gasteiger partial charge on any atom is -0.508 e. The second-order valence-electron chi connectivity index (χ2n) is 4.45. The molecule has 0 saturated heterocycles. The van der Waals surface area contributed by atoms with Crippen molar-refractivity contribution in [1.82, 2.24) is 5.32 Å². The molecule has 0 spiro atoms. The molecule has 2 rings (SSSR count). The molecule has 4 N–H and O–H groups in total. The quantitative estimate of drug-likeness (QED) is 0.532. The fourth-order valence-corrected chi connectivity index (χ4v) is 1.74. The van der Waals surface area contributed by atoms with Crippen molar-refractivity contribution in [2.24, 2.45) is 11.8 Å². The summed E-state index contributed by atoms with van der Waals surface area (Å²) in [5.41, 5.74) is 6.40. The molecule has 1 aromatic carbocycles. The van der Waals surface area contributed by atoms with Crippen molar-refractivity contribution < 1.29 is 9.90 Å². The van der Waals surface area contributed by atoms with Gasteiger partial charge in [-0.15, -0.1) is 0 Å².